The number of ether oxygens (including phenoxy) is 1. The molecule has 0 spiro atoms. The van der Waals surface area contributed by atoms with Gasteiger partial charge in [-0.25, -0.2) is 4.98 Å². The van der Waals surface area contributed by atoms with Crippen molar-refractivity contribution in [2.45, 2.75) is 26.4 Å². The maximum atomic E-state index is 5.41. The number of rotatable bonds is 6. The van der Waals surface area contributed by atoms with Crippen LogP contribution in [-0.2, 0) is 6.54 Å². The van der Waals surface area contributed by atoms with E-state index in [-0.39, 0.29) is 0 Å². The maximum Gasteiger partial charge on any atom is 0.185 e. The van der Waals surface area contributed by atoms with Crippen LogP contribution in [0.3, 0.4) is 0 Å². The van der Waals surface area contributed by atoms with Crippen LogP contribution in [0.2, 0.25) is 0 Å². The fraction of sp³-hybridized carbons (Fsp3) is 0.438. The Morgan fingerprint density at radius 1 is 1.38 bits per heavy atom. The molecule has 1 aromatic heterocycles. The molecule has 0 amide bonds. The minimum atomic E-state index is 0.330. The Labute approximate surface area is 130 Å². The fourth-order valence-electron chi connectivity index (χ4n) is 2.25. The highest BCUT2D eigenvalue weighted by atomic mass is 32.1. The number of nitrogens with zero attached hydrogens (tertiary/aromatic N) is 2. The van der Waals surface area contributed by atoms with E-state index in [1.165, 1.54) is 10.4 Å². The highest BCUT2D eigenvalue weighted by Crippen LogP contribution is 2.31. The average Bonchev–Trinajstić information content (AvgIpc) is 2.89. The summed E-state index contributed by atoms with van der Waals surface area (Å²) in [6.45, 7) is 5.01. The van der Waals surface area contributed by atoms with E-state index in [0.717, 1.165) is 23.1 Å². The van der Waals surface area contributed by atoms with Gasteiger partial charge in [-0.2, -0.15) is 0 Å². The molecule has 1 aromatic carbocycles. The summed E-state index contributed by atoms with van der Waals surface area (Å²) < 4.78 is 5.41. The molecule has 1 unspecified atom stereocenters. The predicted octanol–water partition coefficient (Wildman–Crippen LogP) is 3.38. The summed E-state index contributed by atoms with van der Waals surface area (Å²) >= 11 is 1.74. The van der Waals surface area contributed by atoms with Crippen molar-refractivity contribution >= 4 is 16.5 Å². The molecule has 0 saturated heterocycles. The van der Waals surface area contributed by atoms with Crippen LogP contribution in [0, 0.1) is 6.92 Å². The van der Waals surface area contributed by atoms with Gasteiger partial charge in [-0.3, -0.25) is 0 Å². The number of anilines is 1. The van der Waals surface area contributed by atoms with Crippen LogP contribution in [0.15, 0.2) is 24.3 Å². The van der Waals surface area contributed by atoms with Gasteiger partial charge in [-0.15, -0.1) is 11.3 Å². The first-order chi connectivity index (χ1) is 10.1. The van der Waals surface area contributed by atoms with Crippen LogP contribution in [0.1, 0.15) is 29.1 Å². The first kappa shape index (κ1) is 15.8. The second kappa shape index (κ2) is 6.91. The van der Waals surface area contributed by atoms with E-state index in [0.29, 0.717) is 6.04 Å². The van der Waals surface area contributed by atoms with Crippen molar-refractivity contribution in [1.82, 2.24) is 10.3 Å². The fourth-order valence-corrected chi connectivity index (χ4v) is 3.33. The third kappa shape index (κ3) is 3.54. The smallest absolute Gasteiger partial charge is 0.185 e. The van der Waals surface area contributed by atoms with E-state index in [9.17, 15) is 0 Å². The summed E-state index contributed by atoms with van der Waals surface area (Å²) in [5.74, 6) is 0.918. The van der Waals surface area contributed by atoms with E-state index in [2.05, 4.69) is 37.2 Å². The lowest BCUT2D eigenvalue weighted by molar-refractivity contribution is 0.409. The average molecular weight is 305 g/mol. The molecule has 2 aromatic rings. The quantitative estimate of drug-likeness (QED) is 0.888. The zero-order chi connectivity index (χ0) is 15.4. The monoisotopic (exact) mass is 305 g/mol. The number of aromatic nitrogens is 1. The van der Waals surface area contributed by atoms with Crippen molar-refractivity contribution in [3.05, 3.63) is 40.4 Å². The molecule has 0 aliphatic heterocycles. The van der Waals surface area contributed by atoms with Gasteiger partial charge in [0.2, 0.25) is 0 Å². The van der Waals surface area contributed by atoms with Crippen LogP contribution in [-0.4, -0.2) is 26.2 Å². The molecule has 0 aliphatic rings. The van der Waals surface area contributed by atoms with Crippen molar-refractivity contribution in [2.24, 2.45) is 0 Å². The maximum absolute atomic E-state index is 5.41. The van der Waals surface area contributed by atoms with Gasteiger partial charge >= 0.3 is 0 Å². The third-order valence-corrected chi connectivity index (χ3v) is 5.03. The first-order valence-corrected chi connectivity index (χ1v) is 7.86. The van der Waals surface area contributed by atoms with Gasteiger partial charge in [0.25, 0.3) is 0 Å². The molecule has 4 nitrogen and oxygen atoms in total. The first-order valence-electron chi connectivity index (χ1n) is 7.04. The zero-order valence-corrected chi connectivity index (χ0v) is 14.1. The Morgan fingerprint density at radius 3 is 2.76 bits per heavy atom. The molecule has 0 saturated carbocycles. The molecule has 1 N–H and O–H groups in total. The molecule has 0 bridgehead atoms. The number of nitrogens with one attached hydrogen (secondary N) is 1. The summed E-state index contributed by atoms with van der Waals surface area (Å²) in [5, 5.41) is 4.31. The van der Waals surface area contributed by atoms with E-state index in [1.54, 1.807) is 18.4 Å². The Kier molecular flexibility index (Phi) is 5.20. The molecule has 0 fully saturated rings. The molecule has 1 atom stereocenters. The Bertz CT molecular complexity index is 597. The largest absolute Gasteiger partial charge is 0.496 e. The molecule has 21 heavy (non-hydrogen) atoms. The van der Waals surface area contributed by atoms with Crippen LogP contribution >= 0.6 is 11.3 Å². The van der Waals surface area contributed by atoms with Gasteiger partial charge in [-0.1, -0.05) is 18.2 Å². The molecular formula is C16H23N3OS. The third-order valence-electron chi connectivity index (χ3n) is 3.57. The van der Waals surface area contributed by atoms with Gasteiger partial charge in [0.1, 0.15) is 5.75 Å². The zero-order valence-electron chi connectivity index (χ0n) is 13.3. The second-order valence-electron chi connectivity index (χ2n) is 5.12. The lowest BCUT2D eigenvalue weighted by Crippen LogP contribution is -2.16. The normalized spacial score (nSPS) is 12.2. The number of aryl methyl sites for hydroxylation is 1. The van der Waals surface area contributed by atoms with Crippen molar-refractivity contribution in [1.29, 1.82) is 0 Å². The number of thiazole rings is 1. The van der Waals surface area contributed by atoms with E-state index in [4.69, 9.17) is 9.72 Å². The number of benzene rings is 1. The Hall–Kier alpha value is -1.59. The van der Waals surface area contributed by atoms with Gasteiger partial charge in [0, 0.05) is 30.1 Å². The Morgan fingerprint density at radius 2 is 2.10 bits per heavy atom. The number of hydrogen-bond acceptors (Lipinski definition) is 5. The van der Waals surface area contributed by atoms with E-state index >= 15 is 0 Å². The van der Waals surface area contributed by atoms with Crippen molar-refractivity contribution in [3.63, 3.8) is 0 Å². The lowest BCUT2D eigenvalue weighted by Gasteiger charge is -2.17. The van der Waals surface area contributed by atoms with Crippen LogP contribution < -0.4 is 15.0 Å². The van der Waals surface area contributed by atoms with Gasteiger partial charge in [0.15, 0.2) is 5.13 Å². The molecule has 114 valence electrons. The van der Waals surface area contributed by atoms with Crippen molar-refractivity contribution < 1.29 is 4.74 Å². The number of para-hydroxylation sites is 1. The summed E-state index contributed by atoms with van der Waals surface area (Å²) in [6, 6.07) is 8.43. The highest BCUT2D eigenvalue weighted by molar-refractivity contribution is 7.15. The van der Waals surface area contributed by atoms with Crippen LogP contribution in [0.4, 0.5) is 5.13 Å². The SMILES string of the molecule is CNC(C)c1sc(N(C)Cc2ccccc2OC)nc1C. The van der Waals surface area contributed by atoms with Crippen molar-refractivity contribution in [2.75, 3.05) is 26.1 Å². The molecule has 0 radical (unpaired) electrons. The molecule has 1 heterocycles. The number of hydrogen-bond donors (Lipinski definition) is 1. The molecule has 2 rings (SSSR count). The molecule has 0 aliphatic carbocycles. The second-order valence-corrected chi connectivity index (χ2v) is 6.13. The lowest BCUT2D eigenvalue weighted by atomic mass is 10.2. The van der Waals surface area contributed by atoms with E-state index < -0.39 is 0 Å². The summed E-state index contributed by atoms with van der Waals surface area (Å²) in [5.41, 5.74) is 2.27. The minimum absolute atomic E-state index is 0.330. The Balaban J connectivity index is 2.19. The molecular weight excluding hydrogens is 282 g/mol. The molecule has 5 heteroatoms. The minimum Gasteiger partial charge on any atom is -0.496 e. The highest BCUT2D eigenvalue weighted by Gasteiger charge is 2.16. The predicted molar refractivity (Wildman–Crippen MR) is 89.4 cm³/mol. The van der Waals surface area contributed by atoms with E-state index in [1.807, 2.05) is 25.2 Å². The topological polar surface area (TPSA) is 37.4 Å². The van der Waals surface area contributed by atoms with Gasteiger partial charge in [-0.05, 0) is 27.0 Å². The standard InChI is InChI=1S/C16H23N3OS/c1-11(17-3)15-12(2)18-16(21-15)19(4)10-13-8-6-7-9-14(13)20-5/h6-9,11,17H,10H2,1-5H3. The summed E-state index contributed by atoms with van der Waals surface area (Å²) in [7, 11) is 5.75. The summed E-state index contributed by atoms with van der Waals surface area (Å²) in [6.07, 6.45) is 0. The van der Waals surface area contributed by atoms with Crippen molar-refractivity contribution in [3.8, 4) is 5.75 Å². The van der Waals surface area contributed by atoms with Crippen LogP contribution in [0.5, 0.6) is 5.75 Å². The van der Waals surface area contributed by atoms with Gasteiger partial charge in [0.05, 0.1) is 12.8 Å². The number of methoxy groups -OCH3 is 1. The summed E-state index contributed by atoms with van der Waals surface area (Å²) in [4.78, 5) is 8.15. The van der Waals surface area contributed by atoms with Gasteiger partial charge < -0.3 is 15.0 Å². The van der Waals surface area contributed by atoms with Crippen LogP contribution in [0.25, 0.3) is 0 Å².